The molecule has 0 radical (unpaired) electrons. The number of nitrogens with zero attached hydrogens (tertiary/aromatic N) is 2. The van der Waals surface area contributed by atoms with Gasteiger partial charge in [-0.1, -0.05) is 110 Å². The maximum absolute atomic E-state index is 13.1. The smallest absolute Gasteiger partial charge is 0.334 e. The summed E-state index contributed by atoms with van der Waals surface area (Å²) in [5.41, 5.74) is 4.82. The lowest BCUT2D eigenvalue weighted by atomic mass is 9.81. The van der Waals surface area contributed by atoms with E-state index in [1.54, 1.807) is 0 Å². The highest BCUT2D eigenvalue weighted by molar-refractivity contribution is 6.31. The van der Waals surface area contributed by atoms with Crippen LogP contribution < -0.4 is 0 Å². The largest absolute Gasteiger partial charge is 0.463 e. The number of allylic oxidation sites excluding steroid dienone is 1. The molecule has 1 atom stereocenters. The zero-order valence-corrected chi connectivity index (χ0v) is 25.2. The summed E-state index contributed by atoms with van der Waals surface area (Å²) in [5.74, 6) is -0.566. The van der Waals surface area contributed by atoms with Crippen molar-refractivity contribution in [2.75, 3.05) is 6.61 Å². The van der Waals surface area contributed by atoms with Gasteiger partial charge < -0.3 is 4.74 Å². The number of rotatable bonds is 11. The maximum Gasteiger partial charge on any atom is 0.334 e. The Morgan fingerprint density at radius 1 is 0.944 bits per heavy atom. The van der Waals surface area contributed by atoms with Gasteiger partial charge in [-0.2, -0.15) is 5.10 Å². The predicted molar refractivity (Wildman–Crippen MR) is 156 cm³/mol. The predicted octanol–water partition coefficient (Wildman–Crippen LogP) is 9.54. The van der Waals surface area contributed by atoms with Gasteiger partial charge in [0.2, 0.25) is 0 Å². The number of aryl methyl sites for hydroxylation is 1. The molecule has 36 heavy (non-hydrogen) atoms. The second-order valence-electron chi connectivity index (χ2n) is 8.95. The highest BCUT2D eigenvalue weighted by Gasteiger charge is 2.32. The Labute approximate surface area is 226 Å². The topological polar surface area (TPSA) is 44.1 Å². The SMILES string of the molecule is CCC.CCC/C(C)=C(\C(=O)OCC)C(c1ccccc1Cl)c1cnn(CCC)c1CC.CCCC. The monoisotopic (exact) mass is 518 g/mol. The van der Waals surface area contributed by atoms with Crippen LogP contribution in [-0.2, 0) is 22.5 Å². The van der Waals surface area contributed by atoms with E-state index in [9.17, 15) is 4.79 Å². The molecular formula is C31H51ClN2O2. The van der Waals surface area contributed by atoms with Gasteiger partial charge in [0.1, 0.15) is 0 Å². The number of carbonyl (C=O) groups excluding carboxylic acids is 1. The van der Waals surface area contributed by atoms with Crippen molar-refractivity contribution in [3.05, 3.63) is 63.5 Å². The Hall–Kier alpha value is -2.07. The van der Waals surface area contributed by atoms with Gasteiger partial charge in [-0.3, -0.25) is 4.68 Å². The van der Waals surface area contributed by atoms with Crippen molar-refractivity contribution in [2.45, 2.75) is 120 Å². The van der Waals surface area contributed by atoms with E-state index in [4.69, 9.17) is 16.3 Å². The lowest BCUT2D eigenvalue weighted by Crippen LogP contribution is -2.19. The Kier molecular flexibility index (Phi) is 18.9. The first-order valence-electron chi connectivity index (χ1n) is 14.0. The van der Waals surface area contributed by atoms with Crippen molar-refractivity contribution in [3.8, 4) is 0 Å². The number of unbranched alkanes of at least 4 members (excludes halogenated alkanes) is 1. The summed E-state index contributed by atoms with van der Waals surface area (Å²) in [6, 6.07) is 7.76. The summed E-state index contributed by atoms with van der Waals surface area (Å²) in [7, 11) is 0. The molecule has 0 amide bonds. The first kappa shape index (κ1) is 33.9. The second-order valence-corrected chi connectivity index (χ2v) is 9.36. The number of esters is 1. The molecule has 1 aromatic carbocycles. The second kappa shape index (κ2) is 20.0. The molecule has 0 bridgehead atoms. The van der Waals surface area contributed by atoms with Crippen molar-refractivity contribution in [1.82, 2.24) is 9.78 Å². The zero-order chi connectivity index (χ0) is 27.5. The average molecular weight is 519 g/mol. The molecule has 204 valence electrons. The minimum atomic E-state index is -0.296. The van der Waals surface area contributed by atoms with Crippen molar-refractivity contribution in [2.24, 2.45) is 0 Å². The molecule has 1 unspecified atom stereocenters. The van der Waals surface area contributed by atoms with Crippen molar-refractivity contribution >= 4 is 17.6 Å². The van der Waals surface area contributed by atoms with E-state index < -0.39 is 0 Å². The number of halogens is 1. The highest BCUT2D eigenvalue weighted by atomic mass is 35.5. The molecule has 2 rings (SSSR count). The van der Waals surface area contributed by atoms with Crippen LogP contribution in [0.25, 0.3) is 0 Å². The zero-order valence-electron chi connectivity index (χ0n) is 24.4. The Balaban J connectivity index is 0.00000155. The summed E-state index contributed by atoms with van der Waals surface area (Å²) in [4.78, 5) is 13.1. The molecule has 0 spiro atoms. The molecule has 1 aromatic heterocycles. The summed E-state index contributed by atoms with van der Waals surface area (Å²) in [5, 5.41) is 5.29. The van der Waals surface area contributed by atoms with E-state index >= 15 is 0 Å². The normalized spacial score (nSPS) is 11.9. The van der Waals surface area contributed by atoms with E-state index in [-0.39, 0.29) is 11.9 Å². The Morgan fingerprint density at radius 3 is 2.03 bits per heavy atom. The maximum atomic E-state index is 13.1. The van der Waals surface area contributed by atoms with Gasteiger partial charge in [0.05, 0.1) is 12.8 Å². The van der Waals surface area contributed by atoms with Crippen molar-refractivity contribution < 1.29 is 9.53 Å². The summed E-state index contributed by atoms with van der Waals surface area (Å²) in [6.45, 7) is 20.1. The fourth-order valence-electron chi connectivity index (χ4n) is 3.90. The molecule has 0 aliphatic carbocycles. The van der Waals surface area contributed by atoms with Gasteiger partial charge in [0, 0.05) is 34.3 Å². The number of ether oxygens (including phenoxy) is 1. The summed E-state index contributed by atoms with van der Waals surface area (Å²) in [6.07, 6.45) is 9.42. The van der Waals surface area contributed by atoms with Crippen LogP contribution in [-0.4, -0.2) is 22.4 Å². The van der Waals surface area contributed by atoms with Crippen LogP contribution in [0.15, 0.2) is 41.6 Å². The lowest BCUT2D eigenvalue weighted by molar-refractivity contribution is -0.138. The summed E-state index contributed by atoms with van der Waals surface area (Å²) >= 11 is 6.64. The molecule has 0 fully saturated rings. The molecule has 5 heteroatoms. The Morgan fingerprint density at radius 2 is 1.56 bits per heavy atom. The number of benzene rings is 1. The van der Waals surface area contributed by atoms with E-state index in [1.165, 1.54) is 19.3 Å². The Bertz CT molecular complexity index is 900. The first-order valence-corrected chi connectivity index (χ1v) is 14.4. The van der Waals surface area contributed by atoms with Crippen molar-refractivity contribution in [1.29, 1.82) is 0 Å². The molecule has 0 N–H and O–H groups in total. The standard InChI is InChI=1S/C24H33ClN2O2.C4H10.C3H8/c1-6-12-17(5)22(24(28)29-9-4)23(18-13-10-11-14-20(18)25)19-16-26-27(15-7-2)21(19)8-3;1-3-4-2;1-3-2/h10-11,13-14,16,23H,6-9,12,15H2,1-5H3;3-4H2,1-2H3;3H2,1-2H3/b22-17-;;. The highest BCUT2D eigenvalue weighted by Crippen LogP contribution is 2.40. The third kappa shape index (κ3) is 10.5. The fraction of sp³-hybridized carbons (Fsp3) is 0.613. The van der Waals surface area contributed by atoms with Crippen LogP contribution in [0.5, 0.6) is 0 Å². The number of carbonyl (C=O) groups is 1. The van der Waals surface area contributed by atoms with E-state index in [2.05, 4.69) is 58.2 Å². The molecule has 1 heterocycles. The van der Waals surface area contributed by atoms with Gasteiger partial charge >= 0.3 is 5.97 Å². The molecular weight excluding hydrogens is 468 g/mol. The van der Waals surface area contributed by atoms with E-state index in [0.717, 1.165) is 54.6 Å². The molecule has 0 aliphatic heterocycles. The molecule has 4 nitrogen and oxygen atoms in total. The van der Waals surface area contributed by atoms with Crippen LogP contribution in [0.2, 0.25) is 5.02 Å². The van der Waals surface area contributed by atoms with Gasteiger partial charge in [-0.05, 0) is 44.7 Å². The molecule has 2 aromatic rings. The van der Waals surface area contributed by atoms with Crippen LogP contribution in [0, 0.1) is 0 Å². The quantitative estimate of drug-likeness (QED) is 0.219. The van der Waals surface area contributed by atoms with Crippen LogP contribution in [0.3, 0.4) is 0 Å². The van der Waals surface area contributed by atoms with Gasteiger partial charge in [-0.15, -0.1) is 0 Å². The third-order valence-electron chi connectivity index (χ3n) is 5.65. The van der Waals surface area contributed by atoms with Gasteiger partial charge in [0.25, 0.3) is 0 Å². The number of hydrogen-bond donors (Lipinski definition) is 0. The van der Waals surface area contributed by atoms with Crippen LogP contribution >= 0.6 is 11.6 Å². The van der Waals surface area contributed by atoms with Gasteiger partial charge in [-0.25, -0.2) is 4.79 Å². The molecule has 0 aliphatic rings. The third-order valence-corrected chi connectivity index (χ3v) is 5.99. The van der Waals surface area contributed by atoms with Gasteiger partial charge in [0.15, 0.2) is 0 Å². The molecule has 0 saturated carbocycles. The minimum Gasteiger partial charge on any atom is -0.463 e. The average Bonchev–Trinajstić information content (AvgIpc) is 3.26. The van der Waals surface area contributed by atoms with Crippen LogP contribution in [0.1, 0.15) is 124 Å². The molecule has 0 saturated heterocycles. The van der Waals surface area contributed by atoms with E-state index in [1.807, 2.05) is 44.3 Å². The van der Waals surface area contributed by atoms with Crippen LogP contribution in [0.4, 0.5) is 0 Å². The van der Waals surface area contributed by atoms with E-state index in [0.29, 0.717) is 17.2 Å². The fourth-order valence-corrected chi connectivity index (χ4v) is 4.15. The van der Waals surface area contributed by atoms with Crippen molar-refractivity contribution in [3.63, 3.8) is 0 Å². The number of aromatic nitrogens is 2. The first-order chi connectivity index (χ1) is 17.3. The minimum absolute atomic E-state index is 0.270. The lowest BCUT2D eigenvalue weighted by Gasteiger charge is -2.24. The summed E-state index contributed by atoms with van der Waals surface area (Å²) < 4.78 is 7.55. The number of hydrogen-bond acceptors (Lipinski definition) is 3.